The summed E-state index contributed by atoms with van der Waals surface area (Å²) in [6.07, 6.45) is 0. The molecule has 0 radical (unpaired) electrons. The molecule has 3 aromatic rings. The molecule has 1 amide bonds. The lowest BCUT2D eigenvalue weighted by Gasteiger charge is -2.10. The normalized spacial score (nSPS) is 10.4. The van der Waals surface area contributed by atoms with Crippen molar-refractivity contribution in [2.75, 3.05) is 18.2 Å². The van der Waals surface area contributed by atoms with E-state index in [0.717, 1.165) is 14.6 Å². The molecular weight excluding hydrogens is 340 g/mol. The molecule has 0 saturated carbocycles. The summed E-state index contributed by atoms with van der Waals surface area (Å²) in [7, 11) is 1.59. The first-order valence-electron chi connectivity index (χ1n) is 7.21. The Morgan fingerprint density at radius 2 is 1.88 bits per heavy atom. The maximum atomic E-state index is 12.4. The summed E-state index contributed by atoms with van der Waals surface area (Å²) in [6.45, 7) is 0. The number of benzene rings is 2. The summed E-state index contributed by atoms with van der Waals surface area (Å²) in [5, 5.41) is 2.86. The van der Waals surface area contributed by atoms with Gasteiger partial charge in [-0.15, -0.1) is 24.0 Å². The molecule has 0 aliphatic heterocycles. The van der Waals surface area contributed by atoms with Gasteiger partial charge in [0.1, 0.15) is 5.75 Å². The maximum Gasteiger partial charge on any atom is 0.255 e. The Bertz CT molecular complexity index is 873. The molecule has 0 bridgehead atoms. The SMILES string of the molecule is COc1ccc(C(=O)Nc2cc(-c3ccc(S)s3)ccc2N)cc1. The van der Waals surface area contributed by atoms with E-state index in [1.54, 1.807) is 48.8 Å². The van der Waals surface area contributed by atoms with Gasteiger partial charge in [-0.25, -0.2) is 0 Å². The highest BCUT2D eigenvalue weighted by Crippen LogP contribution is 2.33. The lowest BCUT2D eigenvalue weighted by Crippen LogP contribution is -2.13. The van der Waals surface area contributed by atoms with Crippen LogP contribution in [0.4, 0.5) is 11.4 Å². The summed E-state index contributed by atoms with van der Waals surface area (Å²) >= 11 is 5.91. The molecule has 0 aliphatic carbocycles. The van der Waals surface area contributed by atoms with E-state index in [2.05, 4.69) is 17.9 Å². The van der Waals surface area contributed by atoms with Crippen molar-refractivity contribution in [2.24, 2.45) is 0 Å². The molecule has 0 saturated heterocycles. The summed E-state index contributed by atoms with van der Waals surface area (Å²) in [5.41, 5.74) is 8.62. The fourth-order valence-corrected chi connectivity index (χ4v) is 3.35. The molecule has 0 fully saturated rings. The summed E-state index contributed by atoms with van der Waals surface area (Å²) in [5.74, 6) is 0.482. The van der Waals surface area contributed by atoms with Crippen LogP contribution in [-0.2, 0) is 0 Å². The predicted octanol–water partition coefficient (Wildman–Crippen LogP) is 4.55. The third-order valence-electron chi connectivity index (χ3n) is 3.53. The van der Waals surface area contributed by atoms with Crippen LogP contribution in [0.2, 0.25) is 0 Å². The first kappa shape index (κ1) is 16.4. The van der Waals surface area contributed by atoms with Gasteiger partial charge < -0.3 is 15.8 Å². The quantitative estimate of drug-likeness (QED) is 0.475. The molecule has 1 aromatic heterocycles. The van der Waals surface area contributed by atoms with Crippen molar-refractivity contribution >= 4 is 41.2 Å². The first-order valence-corrected chi connectivity index (χ1v) is 8.47. The Morgan fingerprint density at radius 3 is 2.50 bits per heavy atom. The highest BCUT2D eigenvalue weighted by atomic mass is 32.2. The van der Waals surface area contributed by atoms with Gasteiger partial charge >= 0.3 is 0 Å². The van der Waals surface area contributed by atoms with Crippen LogP contribution in [-0.4, -0.2) is 13.0 Å². The number of anilines is 2. The fraction of sp³-hybridized carbons (Fsp3) is 0.0556. The second-order valence-corrected chi connectivity index (χ2v) is 6.99. The summed E-state index contributed by atoms with van der Waals surface area (Å²) < 4.78 is 6.03. The monoisotopic (exact) mass is 356 g/mol. The largest absolute Gasteiger partial charge is 0.497 e. The lowest BCUT2D eigenvalue weighted by atomic mass is 10.1. The molecule has 4 nitrogen and oxygen atoms in total. The summed E-state index contributed by atoms with van der Waals surface area (Å²) in [6, 6.07) is 16.4. The minimum atomic E-state index is -0.220. The van der Waals surface area contributed by atoms with E-state index in [4.69, 9.17) is 10.5 Å². The molecule has 0 spiro atoms. The Hall–Kier alpha value is -2.44. The minimum Gasteiger partial charge on any atom is -0.497 e. The van der Waals surface area contributed by atoms with Crippen molar-refractivity contribution in [3.63, 3.8) is 0 Å². The molecule has 0 aliphatic rings. The third-order valence-corrected chi connectivity index (χ3v) is 4.89. The standard InChI is InChI=1S/C18H16N2O2S2/c1-22-13-5-2-11(3-6-13)18(21)20-15-10-12(4-7-14(15)19)16-8-9-17(23)24-16/h2-10,23H,19H2,1H3,(H,20,21). The number of thiophene rings is 1. The van der Waals surface area contributed by atoms with Crippen molar-refractivity contribution in [3.8, 4) is 16.2 Å². The highest BCUT2D eigenvalue weighted by Gasteiger charge is 2.10. The molecule has 3 rings (SSSR count). The first-order chi connectivity index (χ1) is 11.6. The zero-order valence-corrected chi connectivity index (χ0v) is 14.7. The fourth-order valence-electron chi connectivity index (χ4n) is 2.24. The molecule has 0 atom stereocenters. The predicted molar refractivity (Wildman–Crippen MR) is 102 cm³/mol. The van der Waals surface area contributed by atoms with Gasteiger partial charge in [0.15, 0.2) is 0 Å². The molecule has 122 valence electrons. The zero-order chi connectivity index (χ0) is 17.1. The van der Waals surface area contributed by atoms with Crippen molar-refractivity contribution in [1.82, 2.24) is 0 Å². The van der Waals surface area contributed by atoms with Gasteiger partial charge in [0, 0.05) is 10.4 Å². The number of hydrogen-bond acceptors (Lipinski definition) is 5. The van der Waals surface area contributed by atoms with Crippen LogP contribution in [0.1, 0.15) is 10.4 Å². The number of carbonyl (C=O) groups excluding carboxylic acids is 1. The molecule has 6 heteroatoms. The zero-order valence-electron chi connectivity index (χ0n) is 12.9. The number of hydrogen-bond donors (Lipinski definition) is 3. The van der Waals surface area contributed by atoms with Crippen molar-refractivity contribution in [3.05, 3.63) is 60.2 Å². The van der Waals surface area contributed by atoms with Gasteiger partial charge in [0.2, 0.25) is 0 Å². The van der Waals surface area contributed by atoms with E-state index in [9.17, 15) is 4.79 Å². The number of amides is 1. The van der Waals surface area contributed by atoms with Gasteiger partial charge in [0.25, 0.3) is 5.91 Å². The van der Waals surface area contributed by atoms with Gasteiger partial charge in [0.05, 0.1) is 22.7 Å². The third kappa shape index (κ3) is 3.55. The molecule has 24 heavy (non-hydrogen) atoms. The van der Waals surface area contributed by atoms with Gasteiger partial charge in [-0.3, -0.25) is 4.79 Å². The number of rotatable bonds is 4. The van der Waals surface area contributed by atoms with Crippen LogP contribution in [0.3, 0.4) is 0 Å². The number of nitrogens with one attached hydrogen (secondary N) is 1. The van der Waals surface area contributed by atoms with Crippen molar-refractivity contribution < 1.29 is 9.53 Å². The molecule has 2 aromatic carbocycles. The molecular formula is C18H16N2O2S2. The van der Waals surface area contributed by atoms with Crippen LogP contribution in [0.25, 0.3) is 10.4 Å². The van der Waals surface area contributed by atoms with E-state index in [0.29, 0.717) is 22.7 Å². The Labute approximate surface area is 149 Å². The highest BCUT2D eigenvalue weighted by molar-refractivity contribution is 7.83. The van der Waals surface area contributed by atoms with Crippen LogP contribution in [0.15, 0.2) is 58.8 Å². The average molecular weight is 356 g/mol. The number of carbonyl (C=O) groups is 1. The Balaban J connectivity index is 1.84. The smallest absolute Gasteiger partial charge is 0.255 e. The Kier molecular flexibility index (Phi) is 4.78. The van der Waals surface area contributed by atoms with E-state index in [1.807, 2.05) is 24.3 Å². The molecule has 1 heterocycles. The number of nitrogen functional groups attached to an aromatic ring is 1. The average Bonchev–Trinajstić information content (AvgIpc) is 3.03. The van der Waals surface area contributed by atoms with Gasteiger partial charge in [-0.2, -0.15) is 0 Å². The van der Waals surface area contributed by atoms with Gasteiger partial charge in [-0.05, 0) is 54.1 Å². The molecule has 0 unspecified atom stereocenters. The van der Waals surface area contributed by atoms with Crippen LogP contribution >= 0.6 is 24.0 Å². The van der Waals surface area contributed by atoms with Crippen molar-refractivity contribution in [1.29, 1.82) is 0 Å². The number of thiol groups is 1. The minimum absolute atomic E-state index is 0.220. The number of ether oxygens (including phenoxy) is 1. The van der Waals surface area contributed by atoms with Gasteiger partial charge in [-0.1, -0.05) is 6.07 Å². The van der Waals surface area contributed by atoms with Crippen LogP contribution < -0.4 is 15.8 Å². The maximum absolute atomic E-state index is 12.4. The summed E-state index contributed by atoms with van der Waals surface area (Å²) in [4.78, 5) is 13.5. The van der Waals surface area contributed by atoms with Crippen LogP contribution in [0, 0.1) is 0 Å². The van der Waals surface area contributed by atoms with E-state index >= 15 is 0 Å². The number of nitrogens with two attached hydrogens (primary N) is 1. The van der Waals surface area contributed by atoms with Crippen LogP contribution in [0.5, 0.6) is 5.75 Å². The second kappa shape index (κ2) is 6.98. The second-order valence-electron chi connectivity index (χ2n) is 5.12. The van der Waals surface area contributed by atoms with E-state index < -0.39 is 0 Å². The lowest BCUT2D eigenvalue weighted by molar-refractivity contribution is 0.102. The number of methoxy groups -OCH3 is 1. The van der Waals surface area contributed by atoms with E-state index in [-0.39, 0.29) is 5.91 Å². The Morgan fingerprint density at radius 1 is 1.12 bits per heavy atom. The topological polar surface area (TPSA) is 64.3 Å². The molecule has 3 N–H and O–H groups in total. The van der Waals surface area contributed by atoms with Crippen molar-refractivity contribution in [2.45, 2.75) is 4.21 Å². The van der Waals surface area contributed by atoms with E-state index in [1.165, 1.54) is 0 Å².